The highest BCUT2D eigenvalue weighted by molar-refractivity contribution is 9.10. The second-order valence-electron chi connectivity index (χ2n) is 7.06. The van der Waals surface area contributed by atoms with Crippen molar-refractivity contribution in [2.24, 2.45) is 0 Å². The third-order valence-electron chi connectivity index (χ3n) is 4.66. The van der Waals surface area contributed by atoms with Crippen molar-refractivity contribution in [1.29, 1.82) is 5.26 Å². The van der Waals surface area contributed by atoms with Gasteiger partial charge in [-0.15, -0.1) is 0 Å². The predicted molar refractivity (Wildman–Crippen MR) is 132 cm³/mol. The van der Waals surface area contributed by atoms with Crippen molar-refractivity contribution in [2.75, 3.05) is 13.2 Å². The maximum Gasteiger partial charge on any atom is 0.175 e. The Hall–Kier alpha value is -1.77. The van der Waals surface area contributed by atoms with Crippen molar-refractivity contribution < 1.29 is 9.47 Å². The van der Waals surface area contributed by atoms with Gasteiger partial charge in [0.15, 0.2) is 11.5 Å². The molecule has 0 aliphatic carbocycles. The van der Waals surface area contributed by atoms with Gasteiger partial charge in [-0.2, -0.15) is 5.26 Å². The molecule has 0 saturated heterocycles. The van der Waals surface area contributed by atoms with Crippen LogP contribution < -0.4 is 9.47 Å². The second-order valence-corrected chi connectivity index (χ2v) is 8.83. The van der Waals surface area contributed by atoms with E-state index in [9.17, 15) is 5.26 Å². The molecule has 0 saturated carbocycles. The van der Waals surface area contributed by atoms with Gasteiger partial charge < -0.3 is 9.47 Å². The van der Waals surface area contributed by atoms with Gasteiger partial charge in [0, 0.05) is 4.47 Å². The van der Waals surface area contributed by atoms with E-state index in [1.54, 1.807) is 0 Å². The Bertz CT molecular complexity index is 870. The van der Waals surface area contributed by atoms with Crippen molar-refractivity contribution in [2.45, 2.75) is 52.4 Å². The molecule has 0 bridgehead atoms. The Kier molecular flexibility index (Phi) is 11.0. The number of benzene rings is 2. The lowest BCUT2D eigenvalue weighted by molar-refractivity contribution is 0.268. The molecule has 0 N–H and O–H groups in total. The summed E-state index contributed by atoms with van der Waals surface area (Å²) in [6.07, 6.45) is 9.21. The summed E-state index contributed by atoms with van der Waals surface area (Å²) in [7, 11) is 0. The average Bonchev–Trinajstić information content (AvgIpc) is 2.74. The molecule has 0 aliphatic heterocycles. The monoisotopic (exact) mass is 533 g/mol. The van der Waals surface area contributed by atoms with Gasteiger partial charge >= 0.3 is 0 Å². The molecule has 2 rings (SSSR count). The maximum atomic E-state index is 9.63. The van der Waals surface area contributed by atoms with Crippen LogP contribution >= 0.6 is 31.9 Å². The molecule has 0 spiro atoms. The average molecular weight is 535 g/mol. The summed E-state index contributed by atoms with van der Waals surface area (Å²) < 4.78 is 13.7. The lowest BCUT2D eigenvalue weighted by atomic mass is 10.0. The minimum Gasteiger partial charge on any atom is -0.490 e. The minimum atomic E-state index is 0.546. The molecule has 0 atom stereocenters. The third kappa shape index (κ3) is 7.81. The maximum absolute atomic E-state index is 9.63. The van der Waals surface area contributed by atoms with E-state index in [0.717, 1.165) is 32.2 Å². The molecule has 0 aromatic heterocycles. The highest BCUT2D eigenvalue weighted by atomic mass is 79.9. The largest absolute Gasteiger partial charge is 0.490 e. The van der Waals surface area contributed by atoms with Gasteiger partial charge in [0.1, 0.15) is 0 Å². The highest BCUT2D eigenvalue weighted by Crippen LogP contribution is 2.38. The summed E-state index contributed by atoms with van der Waals surface area (Å²) in [4.78, 5) is 0. The predicted octanol–water partition coefficient (Wildman–Crippen LogP) is 8.41. The van der Waals surface area contributed by atoms with Gasteiger partial charge in [0.25, 0.3) is 0 Å². The van der Waals surface area contributed by atoms with E-state index < -0.39 is 0 Å². The smallest absolute Gasteiger partial charge is 0.175 e. The van der Waals surface area contributed by atoms with Crippen molar-refractivity contribution in [3.05, 3.63) is 56.5 Å². The Morgan fingerprint density at radius 2 is 1.67 bits per heavy atom. The van der Waals surface area contributed by atoms with Gasteiger partial charge in [0.2, 0.25) is 0 Å². The molecule has 0 aliphatic rings. The topological polar surface area (TPSA) is 42.2 Å². The first kappa shape index (κ1) is 24.5. The van der Waals surface area contributed by atoms with Crippen LogP contribution in [0.5, 0.6) is 11.5 Å². The van der Waals surface area contributed by atoms with Crippen molar-refractivity contribution in [3.63, 3.8) is 0 Å². The van der Waals surface area contributed by atoms with Gasteiger partial charge in [-0.1, -0.05) is 67.1 Å². The fraction of sp³-hybridized carbons (Fsp3) is 0.400. The van der Waals surface area contributed by atoms with Crippen LogP contribution in [0, 0.1) is 11.3 Å². The van der Waals surface area contributed by atoms with Crippen LogP contribution in [0.3, 0.4) is 0 Å². The van der Waals surface area contributed by atoms with E-state index >= 15 is 0 Å². The minimum absolute atomic E-state index is 0.546. The van der Waals surface area contributed by atoms with Crippen LogP contribution in [0.4, 0.5) is 0 Å². The summed E-state index contributed by atoms with van der Waals surface area (Å²) in [6.45, 7) is 5.40. The summed E-state index contributed by atoms with van der Waals surface area (Å²) in [5.74, 6) is 1.42. The fourth-order valence-electron chi connectivity index (χ4n) is 3.11. The fourth-order valence-corrected chi connectivity index (χ4v) is 3.95. The van der Waals surface area contributed by atoms with Crippen LogP contribution in [-0.4, -0.2) is 13.2 Å². The molecule has 0 heterocycles. The summed E-state index contributed by atoms with van der Waals surface area (Å²) in [6, 6.07) is 13.9. The van der Waals surface area contributed by atoms with Crippen LogP contribution in [-0.2, 0) is 0 Å². The first-order valence-corrected chi connectivity index (χ1v) is 12.1. The van der Waals surface area contributed by atoms with Crippen molar-refractivity contribution >= 4 is 43.5 Å². The normalized spacial score (nSPS) is 11.2. The Morgan fingerprint density at radius 3 is 2.33 bits per heavy atom. The second kappa shape index (κ2) is 13.5. The van der Waals surface area contributed by atoms with Gasteiger partial charge in [0.05, 0.1) is 29.3 Å². The summed E-state index contributed by atoms with van der Waals surface area (Å²) >= 11 is 7.06. The lowest BCUT2D eigenvalue weighted by Crippen LogP contribution is -2.02. The van der Waals surface area contributed by atoms with E-state index in [1.165, 1.54) is 32.1 Å². The van der Waals surface area contributed by atoms with Gasteiger partial charge in [-0.05, 0) is 70.7 Å². The zero-order valence-electron chi connectivity index (χ0n) is 17.7. The molecule has 5 heteroatoms. The van der Waals surface area contributed by atoms with Crippen molar-refractivity contribution in [1.82, 2.24) is 0 Å². The zero-order chi connectivity index (χ0) is 21.8. The number of nitriles is 1. The Morgan fingerprint density at radius 1 is 0.967 bits per heavy atom. The molecule has 3 nitrogen and oxygen atoms in total. The number of unbranched alkanes of at least 4 members (excludes halogenated alkanes) is 5. The van der Waals surface area contributed by atoms with E-state index in [1.807, 2.05) is 49.4 Å². The number of nitrogens with zero attached hydrogens (tertiary/aromatic N) is 1. The first-order valence-electron chi connectivity index (χ1n) is 10.6. The lowest BCUT2D eigenvalue weighted by Gasteiger charge is -2.15. The van der Waals surface area contributed by atoms with E-state index in [-0.39, 0.29) is 0 Å². The summed E-state index contributed by atoms with van der Waals surface area (Å²) in [5, 5.41) is 9.63. The zero-order valence-corrected chi connectivity index (χ0v) is 20.9. The van der Waals surface area contributed by atoms with Crippen LogP contribution in [0.15, 0.2) is 45.3 Å². The molecule has 0 fully saturated rings. The molecule has 0 amide bonds. The number of allylic oxidation sites excluding steroid dienone is 1. The molecule has 160 valence electrons. The highest BCUT2D eigenvalue weighted by Gasteiger charge is 2.12. The van der Waals surface area contributed by atoms with Crippen molar-refractivity contribution in [3.8, 4) is 17.6 Å². The standard InChI is InChI=1S/C25H29Br2NO2/c1-3-5-6-7-8-9-14-30-25-23(27)16-19(17-24(25)29-4-2)15-21(18-28)20-10-12-22(26)13-11-20/h10-13,15-17H,3-9,14H2,1-2H3/b21-15+. The number of hydrogen-bond donors (Lipinski definition) is 0. The third-order valence-corrected chi connectivity index (χ3v) is 5.78. The van der Waals surface area contributed by atoms with Gasteiger partial charge in [-0.25, -0.2) is 0 Å². The Balaban J connectivity index is 2.15. The molecule has 0 unspecified atom stereocenters. The molecule has 30 heavy (non-hydrogen) atoms. The van der Waals surface area contributed by atoms with Crippen LogP contribution in [0.25, 0.3) is 11.6 Å². The Labute approximate surface area is 197 Å². The summed E-state index contributed by atoms with van der Waals surface area (Å²) in [5.41, 5.74) is 2.35. The van der Waals surface area contributed by atoms with Gasteiger partial charge in [-0.3, -0.25) is 0 Å². The number of hydrogen-bond acceptors (Lipinski definition) is 3. The molecular weight excluding hydrogens is 506 g/mol. The van der Waals surface area contributed by atoms with E-state index in [4.69, 9.17) is 9.47 Å². The molecule has 2 aromatic carbocycles. The first-order chi connectivity index (χ1) is 14.6. The SMILES string of the molecule is CCCCCCCCOc1c(Br)cc(/C=C(\C#N)c2ccc(Br)cc2)cc1OCC. The molecular formula is C25H29Br2NO2. The quantitative estimate of drug-likeness (QED) is 0.156. The van der Waals surface area contributed by atoms with E-state index in [0.29, 0.717) is 24.5 Å². The van der Waals surface area contributed by atoms with E-state index in [2.05, 4.69) is 44.9 Å². The number of ether oxygens (including phenoxy) is 2. The number of halogens is 2. The molecule has 2 aromatic rings. The van der Waals surface area contributed by atoms with Crippen LogP contribution in [0.2, 0.25) is 0 Å². The van der Waals surface area contributed by atoms with Crippen LogP contribution in [0.1, 0.15) is 63.5 Å². The molecule has 0 radical (unpaired) electrons. The number of rotatable bonds is 12.